The maximum atomic E-state index is 13.6. The molecule has 0 spiro atoms. The molecule has 3 atom stereocenters. The van der Waals surface area contributed by atoms with Gasteiger partial charge in [-0.2, -0.15) is 0 Å². The van der Waals surface area contributed by atoms with Crippen LogP contribution >= 0.6 is 0 Å². The first kappa shape index (κ1) is 22.6. The minimum absolute atomic E-state index is 0.223. The highest BCUT2D eigenvalue weighted by Gasteiger charge is 2.47. The Balaban J connectivity index is 2.17. The van der Waals surface area contributed by atoms with Crippen LogP contribution < -0.4 is 10.1 Å². The Hall–Kier alpha value is -3.09. The van der Waals surface area contributed by atoms with E-state index in [0.717, 1.165) is 11.3 Å². The summed E-state index contributed by atoms with van der Waals surface area (Å²) in [5.41, 5.74) is 2.90. The van der Waals surface area contributed by atoms with Crippen molar-refractivity contribution in [2.24, 2.45) is 11.8 Å². The molecule has 0 fully saturated rings. The van der Waals surface area contributed by atoms with Gasteiger partial charge in [-0.1, -0.05) is 19.1 Å². The summed E-state index contributed by atoms with van der Waals surface area (Å²) in [6, 6.07) is 7.22. The minimum Gasteiger partial charge on any atom is -0.497 e. The van der Waals surface area contributed by atoms with Gasteiger partial charge in [-0.3, -0.25) is 9.59 Å². The molecular weight excluding hydrogens is 398 g/mol. The van der Waals surface area contributed by atoms with E-state index >= 15 is 0 Å². The number of nitrogens with one attached hydrogen (secondary N) is 1. The third-order valence-corrected chi connectivity index (χ3v) is 5.75. The molecule has 0 saturated heterocycles. The van der Waals surface area contributed by atoms with Gasteiger partial charge in [0.05, 0.1) is 25.9 Å². The van der Waals surface area contributed by atoms with Gasteiger partial charge in [-0.15, -0.1) is 0 Å². The highest BCUT2D eigenvalue weighted by atomic mass is 16.5. The van der Waals surface area contributed by atoms with Crippen LogP contribution in [0.4, 0.5) is 0 Å². The van der Waals surface area contributed by atoms with Crippen LogP contribution in [0.15, 0.2) is 46.8 Å². The molecule has 1 heterocycles. The molecule has 2 aliphatic rings. The van der Waals surface area contributed by atoms with Crippen LogP contribution in [0.25, 0.3) is 0 Å². The Morgan fingerprint density at radius 3 is 2.32 bits per heavy atom. The number of rotatable bonds is 5. The van der Waals surface area contributed by atoms with Crippen molar-refractivity contribution in [2.45, 2.75) is 46.1 Å². The molecular formula is C24H29NO6. The molecule has 1 aromatic rings. The van der Waals surface area contributed by atoms with Gasteiger partial charge >= 0.3 is 11.9 Å². The predicted molar refractivity (Wildman–Crippen MR) is 114 cm³/mol. The van der Waals surface area contributed by atoms with Crippen LogP contribution in [0.1, 0.15) is 45.6 Å². The Morgan fingerprint density at radius 2 is 1.77 bits per heavy atom. The molecule has 31 heavy (non-hydrogen) atoms. The molecule has 0 bridgehead atoms. The maximum Gasteiger partial charge on any atom is 0.337 e. The zero-order valence-corrected chi connectivity index (χ0v) is 18.8. The summed E-state index contributed by atoms with van der Waals surface area (Å²) in [5.74, 6) is -2.50. The lowest BCUT2D eigenvalue weighted by Crippen LogP contribution is -2.43. The summed E-state index contributed by atoms with van der Waals surface area (Å²) in [6.07, 6.45) is 0.182. The number of carbonyl (C=O) groups excluding carboxylic acids is 3. The first-order valence-electron chi connectivity index (χ1n) is 10.4. The second kappa shape index (κ2) is 8.96. The number of hydrogen-bond acceptors (Lipinski definition) is 7. The number of esters is 2. The molecule has 0 radical (unpaired) electrons. The minimum atomic E-state index is -0.910. The van der Waals surface area contributed by atoms with Crippen molar-refractivity contribution in [1.82, 2.24) is 5.32 Å². The Morgan fingerprint density at radius 1 is 1.13 bits per heavy atom. The second-order valence-corrected chi connectivity index (χ2v) is 8.26. The molecule has 0 unspecified atom stereocenters. The van der Waals surface area contributed by atoms with Crippen LogP contribution in [-0.2, 0) is 23.9 Å². The van der Waals surface area contributed by atoms with E-state index in [1.54, 1.807) is 40.0 Å². The SMILES string of the molecule is COC(=O)[C@@H]1C(=O)C2=C(C[C@@H]1C)NC(C)=C(C(=O)OC(C)C)[C@H]2c1ccc(OC)cc1. The van der Waals surface area contributed by atoms with Crippen molar-refractivity contribution < 1.29 is 28.6 Å². The molecule has 7 nitrogen and oxygen atoms in total. The molecule has 1 aromatic carbocycles. The molecule has 0 saturated carbocycles. The number of methoxy groups -OCH3 is 2. The largest absolute Gasteiger partial charge is 0.497 e. The summed E-state index contributed by atoms with van der Waals surface area (Å²) in [6.45, 7) is 7.21. The summed E-state index contributed by atoms with van der Waals surface area (Å²) in [5, 5.41) is 3.24. The molecule has 0 aromatic heterocycles. The number of carbonyl (C=O) groups is 3. The van der Waals surface area contributed by atoms with Gasteiger partial charge in [0.25, 0.3) is 0 Å². The van der Waals surface area contributed by atoms with Crippen molar-refractivity contribution in [3.05, 3.63) is 52.4 Å². The van der Waals surface area contributed by atoms with Crippen molar-refractivity contribution >= 4 is 17.7 Å². The van der Waals surface area contributed by atoms with E-state index in [2.05, 4.69) is 5.32 Å². The van der Waals surface area contributed by atoms with E-state index in [4.69, 9.17) is 14.2 Å². The fraction of sp³-hybridized carbons (Fsp3) is 0.458. The number of allylic oxidation sites excluding steroid dienone is 3. The number of ketones is 1. The van der Waals surface area contributed by atoms with E-state index in [1.165, 1.54) is 7.11 Å². The molecule has 166 valence electrons. The second-order valence-electron chi connectivity index (χ2n) is 8.26. The average Bonchev–Trinajstić information content (AvgIpc) is 2.71. The first-order valence-corrected chi connectivity index (χ1v) is 10.4. The van der Waals surface area contributed by atoms with Gasteiger partial charge in [0.2, 0.25) is 0 Å². The fourth-order valence-electron chi connectivity index (χ4n) is 4.36. The summed E-state index contributed by atoms with van der Waals surface area (Å²) in [4.78, 5) is 39.1. The Kier molecular flexibility index (Phi) is 6.53. The van der Waals surface area contributed by atoms with Gasteiger partial charge < -0.3 is 19.5 Å². The first-order chi connectivity index (χ1) is 14.7. The normalized spacial score (nSPS) is 23.3. The van der Waals surface area contributed by atoms with Gasteiger partial charge in [0, 0.05) is 22.9 Å². The highest BCUT2D eigenvalue weighted by molar-refractivity contribution is 6.12. The van der Waals surface area contributed by atoms with Gasteiger partial charge in [0.1, 0.15) is 11.7 Å². The van der Waals surface area contributed by atoms with Crippen LogP contribution in [0.3, 0.4) is 0 Å². The highest BCUT2D eigenvalue weighted by Crippen LogP contribution is 2.45. The van der Waals surface area contributed by atoms with Gasteiger partial charge in [-0.05, 0) is 50.8 Å². The van der Waals surface area contributed by atoms with Crippen LogP contribution in [-0.4, -0.2) is 38.0 Å². The van der Waals surface area contributed by atoms with Crippen molar-refractivity contribution in [1.29, 1.82) is 0 Å². The van der Waals surface area contributed by atoms with Crippen LogP contribution in [0.5, 0.6) is 5.75 Å². The van der Waals surface area contributed by atoms with E-state index in [1.807, 2.05) is 19.1 Å². The number of ether oxygens (including phenoxy) is 3. The summed E-state index contributed by atoms with van der Waals surface area (Å²) < 4.78 is 15.7. The fourth-order valence-corrected chi connectivity index (χ4v) is 4.36. The lowest BCUT2D eigenvalue weighted by molar-refractivity contribution is -0.151. The number of hydrogen-bond donors (Lipinski definition) is 1. The van der Waals surface area contributed by atoms with Gasteiger partial charge in [0.15, 0.2) is 5.78 Å². The van der Waals surface area contributed by atoms with E-state index < -0.39 is 23.8 Å². The lowest BCUT2D eigenvalue weighted by atomic mass is 9.69. The van der Waals surface area contributed by atoms with Crippen molar-refractivity contribution in [3.8, 4) is 5.75 Å². The molecule has 7 heteroatoms. The van der Waals surface area contributed by atoms with Crippen LogP contribution in [0.2, 0.25) is 0 Å². The molecule has 1 N–H and O–H groups in total. The van der Waals surface area contributed by atoms with Crippen molar-refractivity contribution in [2.75, 3.05) is 14.2 Å². The van der Waals surface area contributed by atoms with E-state index in [9.17, 15) is 14.4 Å². The number of dihydropyridines is 1. The number of Topliss-reactive ketones (excluding diaryl/α,β-unsaturated/α-hetero) is 1. The third-order valence-electron chi connectivity index (χ3n) is 5.75. The predicted octanol–water partition coefficient (Wildman–Crippen LogP) is 3.26. The molecule has 3 rings (SSSR count). The molecule has 1 aliphatic heterocycles. The molecule has 1 aliphatic carbocycles. The number of benzene rings is 1. The average molecular weight is 427 g/mol. The standard InChI is InChI=1S/C24H29NO6/c1-12(2)31-24(28)19-14(4)25-17-11-13(3)18(23(27)30-6)22(26)21(17)20(19)15-7-9-16(29-5)10-8-15/h7-10,12-13,18,20,25H,11H2,1-6H3/t13-,18-,20+/m0/s1. The topological polar surface area (TPSA) is 90.9 Å². The zero-order chi connectivity index (χ0) is 22.9. The third kappa shape index (κ3) is 4.22. The quantitative estimate of drug-likeness (QED) is 0.570. The van der Waals surface area contributed by atoms with Crippen LogP contribution in [0, 0.1) is 11.8 Å². The Bertz CT molecular complexity index is 957. The monoisotopic (exact) mass is 427 g/mol. The molecule has 0 amide bonds. The zero-order valence-electron chi connectivity index (χ0n) is 18.8. The maximum absolute atomic E-state index is 13.6. The van der Waals surface area contributed by atoms with Crippen molar-refractivity contribution in [3.63, 3.8) is 0 Å². The Labute approximate surface area is 182 Å². The smallest absolute Gasteiger partial charge is 0.337 e. The van der Waals surface area contributed by atoms with E-state index in [0.29, 0.717) is 29.0 Å². The van der Waals surface area contributed by atoms with E-state index in [-0.39, 0.29) is 17.8 Å². The summed E-state index contributed by atoms with van der Waals surface area (Å²) >= 11 is 0. The summed E-state index contributed by atoms with van der Waals surface area (Å²) in [7, 11) is 2.85. The van der Waals surface area contributed by atoms with Gasteiger partial charge in [-0.25, -0.2) is 4.79 Å². The lowest BCUT2D eigenvalue weighted by Gasteiger charge is -2.38.